The van der Waals surface area contributed by atoms with Gasteiger partial charge in [0.15, 0.2) is 0 Å². The van der Waals surface area contributed by atoms with Crippen LogP contribution in [-0.2, 0) is 5.41 Å². The zero-order chi connectivity index (χ0) is 12.1. The Morgan fingerprint density at radius 2 is 2.18 bits per heavy atom. The molecule has 2 heterocycles. The van der Waals surface area contributed by atoms with Gasteiger partial charge in [-0.05, 0) is 37.9 Å². The molecule has 0 amide bonds. The second-order valence-electron chi connectivity index (χ2n) is 4.60. The molecule has 1 aliphatic rings. The lowest BCUT2D eigenvalue weighted by Crippen LogP contribution is -2.42. The number of likely N-dealkylation sites (tertiary alicyclic amines) is 1. The number of aromatic nitrogens is 1. The van der Waals surface area contributed by atoms with Gasteiger partial charge in [-0.15, -0.1) is 0 Å². The molecule has 0 aliphatic carbocycles. The topological polar surface area (TPSA) is 39.9 Å². The van der Waals surface area contributed by atoms with Crippen LogP contribution in [0.3, 0.4) is 0 Å². The van der Waals surface area contributed by atoms with Crippen LogP contribution >= 0.6 is 0 Å². The predicted molar refractivity (Wildman–Crippen MR) is 67.2 cm³/mol. The lowest BCUT2D eigenvalue weighted by molar-refractivity contribution is 0.186. The van der Waals surface area contributed by atoms with Gasteiger partial charge in [-0.25, -0.2) is 0 Å². The summed E-state index contributed by atoms with van der Waals surface area (Å²) in [5.41, 5.74) is 0.552. The maximum Gasteiger partial charge on any atom is 0.102 e. The van der Waals surface area contributed by atoms with Crippen LogP contribution in [0.5, 0.6) is 0 Å². The highest BCUT2D eigenvalue weighted by Gasteiger charge is 2.37. The number of rotatable bonds is 3. The van der Waals surface area contributed by atoms with Gasteiger partial charge in [0.05, 0.1) is 11.8 Å². The summed E-state index contributed by atoms with van der Waals surface area (Å²) < 4.78 is 0. The smallest absolute Gasteiger partial charge is 0.102 e. The number of hydrogen-bond donors (Lipinski definition) is 0. The Balaban J connectivity index is 2.12. The maximum absolute atomic E-state index is 9.49. The summed E-state index contributed by atoms with van der Waals surface area (Å²) in [6.45, 7) is 6.85. The minimum atomic E-state index is -0.376. The van der Waals surface area contributed by atoms with Crippen LogP contribution in [0.25, 0.3) is 0 Å². The third-order valence-electron chi connectivity index (χ3n) is 3.55. The summed E-state index contributed by atoms with van der Waals surface area (Å²) in [6, 6.07) is 8.32. The first-order valence-electron chi connectivity index (χ1n) is 6.15. The Morgan fingerprint density at radius 3 is 2.71 bits per heavy atom. The molecule has 0 bridgehead atoms. The van der Waals surface area contributed by atoms with Gasteiger partial charge in [-0.2, -0.15) is 5.26 Å². The van der Waals surface area contributed by atoms with Gasteiger partial charge in [0.1, 0.15) is 5.41 Å². The first-order valence-corrected chi connectivity index (χ1v) is 6.15. The zero-order valence-corrected chi connectivity index (χ0v) is 10.1. The van der Waals surface area contributed by atoms with Crippen molar-refractivity contribution in [1.29, 1.82) is 5.26 Å². The molecule has 3 heteroatoms. The standard InChI is InChI=1S/C14H18N3/c1-2-9-17-10-6-14(12-15,7-11-17)13-5-3-4-8-16-13/h3-5,8H,1-2,6-7,9-11H2. The third kappa shape index (κ3) is 2.48. The minimum Gasteiger partial charge on any atom is -0.303 e. The van der Waals surface area contributed by atoms with E-state index in [1.165, 1.54) is 0 Å². The monoisotopic (exact) mass is 228 g/mol. The average molecular weight is 228 g/mol. The number of hydrogen-bond acceptors (Lipinski definition) is 3. The van der Waals surface area contributed by atoms with Crippen molar-refractivity contribution in [2.75, 3.05) is 19.6 Å². The van der Waals surface area contributed by atoms with Crippen LogP contribution in [-0.4, -0.2) is 29.5 Å². The molecular weight excluding hydrogens is 210 g/mol. The molecule has 0 unspecified atom stereocenters. The van der Waals surface area contributed by atoms with E-state index in [0.717, 1.165) is 44.6 Å². The van der Waals surface area contributed by atoms with Crippen molar-refractivity contribution in [1.82, 2.24) is 9.88 Å². The lowest BCUT2D eigenvalue weighted by atomic mass is 9.76. The van der Waals surface area contributed by atoms with Gasteiger partial charge >= 0.3 is 0 Å². The van der Waals surface area contributed by atoms with Crippen molar-refractivity contribution in [3.05, 3.63) is 37.0 Å². The van der Waals surface area contributed by atoms with Gasteiger partial charge in [-0.3, -0.25) is 4.98 Å². The van der Waals surface area contributed by atoms with Crippen molar-refractivity contribution in [3.8, 4) is 6.07 Å². The fourth-order valence-corrected chi connectivity index (χ4v) is 2.45. The lowest BCUT2D eigenvalue weighted by Gasteiger charge is -2.36. The first kappa shape index (κ1) is 12.1. The summed E-state index contributed by atoms with van der Waals surface area (Å²) in [6.07, 6.45) is 4.46. The van der Waals surface area contributed by atoms with Crippen molar-refractivity contribution in [2.24, 2.45) is 0 Å². The molecule has 0 N–H and O–H groups in total. The van der Waals surface area contributed by atoms with E-state index in [9.17, 15) is 5.26 Å². The molecule has 0 atom stereocenters. The van der Waals surface area contributed by atoms with Crippen molar-refractivity contribution in [3.63, 3.8) is 0 Å². The van der Waals surface area contributed by atoms with E-state index in [-0.39, 0.29) is 5.41 Å². The molecule has 0 spiro atoms. The normalized spacial score (nSPS) is 19.8. The van der Waals surface area contributed by atoms with Crippen molar-refractivity contribution < 1.29 is 0 Å². The number of nitrogens with zero attached hydrogens (tertiary/aromatic N) is 3. The molecule has 1 saturated heterocycles. The van der Waals surface area contributed by atoms with Gasteiger partial charge in [0, 0.05) is 19.3 Å². The Morgan fingerprint density at radius 1 is 1.41 bits per heavy atom. The highest BCUT2D eigenvalue weighted by molar-refractivity contribution is 5.27. The molecule has 3 nitrogen and oxygen atoms in total. The second kappa shape index (κ2) is 5.29. The Hall–Kier alpha value is -1.40. The molecule has 1 fully saturated rings. The summed E-state index contributed by atoms with van der Waals surface area (Å²) in [4.78, 5) is 6.74. The van der Waals surface area contributed by atoms with Gasteiger partial charge in [0.25, 0.3) is 0 Å². The molecular formula is C14H18N3. The van der Waals surface area contributed by atoms with Gasteiger partial charge < -0.3 is 4.90 Å². The second-order valence-corrected chi connectivity index (χ2v) is 4.60. The third-order valence-corrected chi connectivity index (χ3v) is 3.55. The van der Waals surface area contributed by atoms with Crippen molar-refractivity contribution in [2.45, 2.75) is 24.7 Å². The van der Waals surface area contributed by atoms with E-state index in [1.54, 1.807) is 6.20 Å². The number of nitriles is 1. The SMILES string of the molecule is [CH2]CCN1CCC(C#N)(c2ccccn2)CC1. The van der Waals surface area contributed by atoms with E-state index in [2.05, 4.69) is 22.9 Å². The fourth-order valence-electron chi connectivity index (χ4n) is 2.45. The van der Waals surface area contributed by atoms with E-state index >= 15 is 0 Å². The maximum atomic E-state index is 9.49. The number of piperidine rings is 1. The van der Waals surface area contributed by atoms with Crippen LogP contribution < -0.4 is 0 Å². The van der Waals surface area contributed by atoms with Gasteiger partial charge in [-0.1, -0.05) is 13.0 Å². The van der Waals surface area contributed by atoms with E-state index < -0.39 is 0 Å². The van der Waals surface area contributed by atoms with Crippen LogP contribution in [0.4, 0.5) is 0 Å². The Kier molecular flexibility index (Phi) is 3.75. The molecule has 1 aromatic rings. The molecule has 89 valence electrons. The number of pyridine rings is 1. The summed E-state index contributed by atoms with van der Waals surface area (Å²) in [7, 11) is 0. The quantitative estimate of drug-likeness (QED) is 0.796. The Bertz CT molecular complexity index is 386. The molecule has 2 rings (SSSR count). The minimum absolute atomic E-state index is 0.376. The summed E-state index contributed by atoms with van der Waals surface area (Å²) in [5, 5.41) is 9.49. The zero-order valence-electron chi connectivity index (χ0n) is 10.1. The summed E-state index contributed by atoms with van der Waals surface area (Å²) in [5.74, 6) is 0. The van der Waals surface area contributed by atoms with Crippen LogP contribution in [0.15, 0.2) is 24.4 Å². The summed E-state index contributed by atoms with van der Waals surface area (Å²) >= 11 is 0. The molecule has 0 aromatic carbocycles. The molecule has 1 aliphatic heterocycles. The highest BCUT2D eigenvalue weighted by atomic mass is 15.1. The predicted octanol–water partition coefficient (Wildman–Crippen LogP) is 2.16. The highest BCUT2D eigenvalue weighted by Crippen LogP contribution is 2.33. The fraction of sp³-hybridized carbons (Fsp3) is 0.500. The van der Waals surface area contributed by atoms with Crippen LogP contribution in [0, 0.1) is 18.3 Å². The van der Waals surface area contributed by atoms with Crippen LogP contribution in [0.2, 0.25) is 0 Å². The average Bonchev–Trinajstić information content (AvgIpc) is 2.41. The first-order chi connectivity index (χ1) is 8.30. The largest absolute Gasteiger partial charge is 0.303 e. The van der Waals surface area contributed by atoms with E-state index in [1.807, 2.05) is 18.2 Å². The van der Waals surface area contributed by atoms with E-state index in [4.69, 9.17) is 0 Å². The van der Waals surface area contributed by atoms with E-state index in [0.29, 0.717) is 0 Å². The molecule has 17 heavy (non-hydrogen) atoms. The Labute approximate surface area is 103 Å². The molecule has 0 saturated carbocycles. The molecule has 1 radical (unpaired) electrons. The van der Waals surface area contributed by atoms with Crippen molar-refractivity contribution >= 4 is 0 Å². The van der Waals surface area contributed by atoms with Gasteiger partial charge in [0.2, 0.25) is 0 Å². The molecule has 1 aromatic heterocycles. The van der Waals surface area contributed by atoms with Crippen LogP contribution in [0.1, 0.15) is 25.0 Å².